The van der Waals surface area contributed by atoms with Gasteiger partial charge in [0.1, 0.15) is 29.6 Å². The zero-order valence-electron chi connectivity index (χ0n) is 23.6. The molecule has 0 aliphatic carbocycles. The summed E-state index contributed by atoms with van der Waals surface area (Å²) in [6.45, 7) is 0. The summed E-state index contributed by atoms with van der Waals surface area (Å²) in [7, 11) is 0. The van der Waals surface area contributed by atoms with Crippen LogP contribution in [0.2, 0.25) is 0 Å². The molecule has 3 amide bonds. The first-order valence-electron chi connectivity index (χ1n) is 13.6. The molecule has 0 aromatic heterocycles. The molecular formula is C31H34N4O9. The maximum atomic E-state index is 13.6. The van der Waals surface area contributed by atoms with E-state index in [0.717, 1.165) is 0 Å². The molecule has 0 saturated carbocycles. The third kappa shape index (κ3) is 10.4. The van der Waals surface area contributed by atoms with E-state index in [1.54, 1.807) is 30.3 Å². The summed E-state index contributed by atoms with van der Waals surface area (Å²) in [4.78, 5) is 62.8. The number of hydrogen-bond acceptors (Lipinski definition) is 8. The maximum absolute atomic E-state index is 13.6. The zero-order valence-corrected chi connectivity index (χ0v) is 23.6. The van der Waals surface area contributed by atoms with Gasteiger partial charge in [-0.1, -0.05) is 54.6 Å². The maximum Gasteiger partial charge on any atom is 0.326 e. The fraction of sp³-hybridized carbons (Fsp3) is 0.258. The molecule has 0 aliphatic rings. The zero-order chi connectivity index (χ0) is 32.2. The molecule has 3 aromatic carbocycles. The molecule has 0 radical (unpaired) electrons. The number of nitrogens with one attached hydrogen (secondary N) is 3. The average molecular weight is 607 g/mol. The van der Waals surface area contributed by atoms with E-state index in [2.05, 4.69) is 16.0 Å². The highest BCUT2D eigenvalue weighted by molar-refractivity contribution is 5.95. The first-order chi connectivity index (χ1) is 20.9. The SMILES string of the molecule is NC(CC(=O)O)C(=O)NC(Cc1ccccc1)C(=O)NC(Cc1ccc(O)cc1)C(=O)NC(Cc1ccc(O)cc1)C(=O)O. The van der Waals surface area contributed by atoms with Crippen LogP contribution in [-0.4, -0.2) is 74.3 Å². The van der Waals surface area contributed by atoms with Crippen LogP contribution in [-0.2, 0) is 43.2 Å². The molecule has 4 atom stereocenters. The minimum Gasteiger partial charge on any atom is -0.508 e. The van der Waals surface area contributed by atoms with Crippen molar-refractivity contribution >= 4 is 29.7 Å². The van der Waals surface area contributed by atoms with Gasteiger partial charge in [0.15, 0.2) is 0 Å². The molecule has 3 rings (SSSR count). The number of carboxylic acids is 2. The Balaban J connectivity index is 1.86. The lowest BCUT2D eigenvalue weighted by molar-refractivity contribution is -0.142. The first-order valence-corrected chi connectivity index (χ1v) is 13.6. The van der Waals surface area contributed by atoms with Crippen molar-refractivity contribution in [1.82, 2.24) is 16.0 Å². The standard InChI is InChI=1S/C31H34N4O9/c32-23(17-27(38)39)28(40)33-24(14-18-4-2-1-3-5-18)29(41)34-25(15-19-6-10-21(36)11-7-19)30(42)35-26(31(43)44)16-20-8-12-22(37)13-9-20/h1-13,23-26,36-37H,14-17,32H2,(H,33,40)(H,34,41)(H,35,42)(H,38,39)(H,43,44). The number of carbonyl (C=O) groups excluding carboxylic acids is 3. The van der Waals surface area contributed by atoms with Crippen molar-refractivity contribution in [3.05, 3.63) is 95.6 Å². The number of carbonyl (C=O) groups is 5. The fourth-order valence-electron chi connectivity index (χ4n) is 4.31. The summed E-state index contributed by atoms with van der Waals surface area (Å²) in [5, 5.41) is 45.5. The van der Waals surface area contributed by atoms with Crippen molar-refractivity contribution in [2.24, 2.45) is 5.73 Å². The number of rotatable bonds is 15. The number of phenols is 2. The van der Waals surface area contributed by atoms with E-state index in [4.69, 9.17) is 10.8 Å². The Hall–Kier alpha value is -5.43. The van der Waals surface area contributed by atoms with Crippen LogP contribution in [0.15, 0.2) is 78.9 Å². The van der Waals surface area contributed by atoms with E-state index in [1.165, 1.54) is 48.5 Å². The van der Waals surface area contributed by atoms with Gasteiger partial charge in [-0.05, 0) is 41.0 Å². The van der Waals surface area contributed by atoms with E-state index >= 15 is 0 Å². The van der Waals surface area contributed by atoms with Crippen LogP contribution in [0.5, 0.6) is 11.5 Å². The van der Waals surface area contributed by atoms with Gasteiger partial charge in [-0.3, -0.25) is 19.2 Å². The minimum atomic E-state index is -1.44. The highest BCUT2D eigenvalue weighted by atomic mass is 16.4. The second kappa shape index (κ2) is 15.7. The molecule has 0 bridgehead atoms. The molecule has 232 valence electrons. The number of aliphatic carboxylic acids is 2. The van der Waals surface area contributed by atoms with Crippen LogP contribution in [0.25, 0.3) is 0 Å². The smallest absolute Gasteiger partial charge is 0.326 e. The number of carboxylic acid groups (broad SMARTS) is 2. The van der Waals surface area contributed by atoms with Gasteiger partial charge in [0.2, 0.25) is 17.7 Å². The molecular weight excluding hydrogens is 572 g/mol. The van der Waals surface area contributed by atoms with Crippen molar-refractivity contribution in [2.75, 3.05) is 0 Å². The largest absolute Gasteiger partial charge is 0.508 e. The van der Waals surface area contributed by atoms with Gasteiger partial charge >= 0.3 is 11.9 Å². The van der Waals surface area contributed by atoms with Crippen LogP contribution in [0.4, 0.5) is 0 Å². The third-order valence-electron chi connectivity index (χ3n) is 6.65. The quantitative estimate of drug-likeness (QED) is 0.119. The molecule has 0 aliphatic heterocycles. The summed E-state index contributed by atoms with van der Waals surface area (Å²) >= 11 is 0. The number of amides is 3. The summed E-state index contributed by atoms with van der Waals surface area (Å²) in [5.74, 6) is -5.18. The van der Waals surface area contributed by atoms with Crippen LogP contribution in [0, 0.1) is 0 Å². The summed E-state index contributed by atoms with van der Waals surface area (Å²) in [6, 6.07) is 14.8. The lowest BCUT2D eigenvalue weighted by atomic mass is 10.0. The van der Waals surface area contributed by atoms with Crippen LogP contribution < -0.4 is 21.7 Å². The fourth-order valence-corrected chi connectivity index (χ4v) is 4.31. The molecule has 44 heavy (non-hydrogen) atoms. The van der Waals surface area contributed by atoms with E-state index in [9.17, 15) is 39.3 Å². The lowest BCUT2D eigenvalue weighted by Crippen LogP contribution is -2.58. The van der Waals surface area contributed by atoms with E-state index < -0.39 is 60.2 Å². The summed E-state index contributed by atoms with van der Waals surface area (Å²) in [5.41, 5.74) is 7.41. The third-order valence-corrected chi connectivity index (χ3v) is 6.65. The van der Waals surface area contributed by atoms with Crippen LogP contribution in [0.1, 0.15) is 23.1 Å². The Bertz CT molecular complexity index is 1450. The molecule has 0 fully saturated rings. The molecule has 13 heteroatoms. The summed E-state index contributed by atoms with van der Waals surface area (Å²) in [6.07, 6.45) is -0.914. The van der Waals surface area contributed by atoms with Gasteiger partial charge in [-0.25, -0.2) is 4.79 Å². The summed E-state index contributed by atoms with van der Waals surface area (Å²) < 4.78 is 0. The van der Waals surface area contributed by atoms with Crippen LogP contribution in [0.3, 0.4) is 0 Å². The van der Waals surface area contributed by atoms with Crippen molar-refractivity contribution in [2.45, 2.75) is 49.9 Å². The first kappa shape index (κ1) is 33.1. The molecule has 13 nitrogen and oxygen atoms in total. The van der Waals surface area contributed by atoms with Crippen molar-refractivity contribution in [1.29, 1.82) is 0 Å². The highest BCUT2D eigenvalue weighted by Gasteiger charge is 2.31. The normalized spacial score (nSPS) is 13.5. The number of nitrogens with two attached hydrogens (primary N) is 1. The highest BCUT2D eigenvalue weighted by Crippen LogP contribution is 2.14. The number of aromatic hydroxyl groups is 2. The Kier molecular flexibility index (Phi) is 11.8. The number of hydrogen-bond donors (Lipinski definition) is 8. The second-order valence-corrected chi connectivity index (χ2v) is 10.2. The van der Waals surface area contributed by atoms with Crippen molar-refractivity contribution in [3.8, 4) is 11.5 Å². The molecule has 9 N–H and O–H groups in total. The number of benzene rings is 3. The van der Waals surface area contributed by atoms with Crippen molar-refractivity contribution < 1.29 is 44.4 Å². The molecule has 0 heterocycles. The van der Waals surface area contributed by atoms with Crippen LogP contribution >= 0.6 is 0 Å². The Morgan fingerprint density at radius 3 is 1.39 bits per heavy atom. The molecule has 4 unspecified atom stereocenters. The second-order valence-electron chi connectivity index (χ2n) is 10.2. The predicted molar refractivity (Wildman–Crippen MR) is 157 cm³/mol. The molecule has 0 spiro atoms. The van der Waals surface area contributed by atoms with E-state index in [-0.39, 0.29) is 30.8 Å². The monoisotopic (exact) mass is 606 g/mol. The average Bonchev–Trinajstić information content (AvgIpc) is 2.98. The van der Waals surface area contributed by atoms with Gasteiger partial charge in [0.05, 0.1) is 12.5 Å². The van der Waals surface area contributed by atoms with E-state index in [0.29, 0.717) is 16.7 Å². The minimum absolute atomic E-state index is 0.0117. The molecule has 0 saturated heterocycles. The van der Waals surface area contributed by atoms with Gasteiger partial charge in [-0.2, -0.15) is 0 Å². The predicted octanol–water partition coefficient (Wildman–Crippen LogP) is 0.467. The van der Waals surface area contributed by atoms with Gasteiger partial charge < -0.3 is 42.1 Å². The Morgan fingerprint density at radius 2 is 0.955 bits per heavy atom. The Morgan fingerprint density at radius 1 is 0.568 bits per heavy atom. The van der Waals surface area contributed by atoms with Gasteiger partial charge in [0, 0.05) is 19.3 Å². The van der Waals surface area contributed by atoms with Gasteiger partial charge in [-0.15, -0.1) is 0 Å². The molecule has 3 aromatic rings. The number of phenolic OH excluding ortho intramolecular Hbond substituents is 2. The topological polar surface area (TPSA) is 228 Å². The van der Waals surface area contributed by atoms with E-state index in [1.807, 2.05) is 0 Å². The Labute approximate surface area is 252 Å². The lowest BCUT2D eigenvalue weighted by Gasteiger charge is -2.25. The van der Waals surface area contributed by atoms with Gasteiger partial charge in [0.25, 0.3) is 0 Å². The van der Waals surface area contributed by atoms with Crippen molar-refractivity contribution in [3.63, 3.8) is 0 Å².